The summed E-state index contributed by atoms with van der Waals surface area (Å²) in [4.78, 5) is 4.56. The third-order valence-corrected chi connectivity index (χ3v) is 6.37. The molecule has 0 atom stereocenters. The molecule has 2 aromatic carbocycles. The van der Waals surface area contributed by atoms with Crippen LogP contribution in [0.4, 0.5) is 24.0 Å². The van der Waals surface area contributed by atoms with Gasteiger partial charge in [-0.2, -0.15) is 13.2 Å². The van der Waals surface area contributed by atoms with Gasteiger partial charge in [-0.15, -0.1) is 11.3 Å². The summed E-state index contributed by atoms with van der Waals surface area (Å²) in [6.45, 7) is 4.91. The number of nitrogens with one attached hydrogen (secondary N) is 1. The zero-order valence-corrected chi connectivity index (χ0v) is 19.3. The highest BCUT2D eigenvalue weighted by molar-refractivity contribution is 7.14. The number of anilines is 2. The number of rotatable bonds is 7. The Morgan fingerprint density at radius 2 is 1.79 bits per heavy atom. The van der Waals surface area contributed by atoms with Crippen LogP contribution in [0.5, 0.6) is 5.75 Å². The highest BCUT2D eigenvalue weighted by Gasteiger charge is 2.33. The minimum absolute atomic E-state index is 0.00383. The number of hydrogen-bond acceptors (Lipinski definition) is 4. The van der Waals surface area contributed by atoms with Crippen molar-refractivity contribution in [3.05, 3.63) is 82.5 Å². The lowest BCUT2D eigenvalue weighted by molar-refractivity contribution is -0.136. The molecule has 2 aromatic heterocycles. The van der Waals surface area contributed by atoms with Crippen molar-refractivity contribution in [3.63, 3.8) is 0 Å². The van der Waals surface area contributed by atoms with Gasteiger partial charge in [-0.05, 0) is 56.2 Å². The number of hydrogen-bond donors (Lipinski definition) is 1. The number of para-hydroxylation sites is 1. The van der Waals surface area contributed by atoms with E-state index in [1.54, 1.807) is 13.2 Å². The SMILES string of the molecule is COc1ccc(CCn2c(C)cc(-c3csc(Nc4ccccc4C(F)(F)F)n3)c2C)cc1. The lowest BCUT2D eigenvalue weighted by Gasteiger charge is -2.12. The molecule has 0 aliphatic heterocycles. The summed E-state index contributed by atoms with van der Waals surface area (Å²) >= 11 is 1.29. The normalized spacial score (nSPS) is 11.6. The fourth-order valence-corrected chi connectivity index (χ4v) is 4.57. The number of methoxy groups -OCH3 is 1. The van der Waals surface area contributed by atoms with Gasteiger partial charge in [0.25, 0.3) is 0 Å². The second-order valence-electron chi connectivity index (χ2n) is 7.74. The number of aryl methyl sites for hydroxylation is 2. The Hall–Kier alpha value is -3.26. The molecular formula is C25H24F3N3OS. The Morgan fingerprint density at radius 1 is 1.06 bits per heavy atom. The number of nitrogens with zero attached hydrogens (tertiary/aromatic N) is 2. The van der Waals surface area contributed by atoms with Gasteiger partial charge in [0.15, 0.2) is 5.13 Å². The number of benzene rings is 2. The summed E-state index contributed by atoms with van der Waals surface area (Å²) in [6.07, 6.45) is -3.56. The molecular weight excluding hydrogens is 447 g/mol. The molecule has 0 spiro atoms. The molecule has 0 aliphatic carbocycles. The van der Waals surface area contributed by atoms with Crippen molar-refractivity contribution in [2.24, 2.45) is 0 Å². The average Bonchev–Trinajstić information content (AvgIpc) is 3.36. The van der Waals surface area contributed by atoms with Gasteiger partial charge in [0.05, 0.1) is 24.1 Å². The van der Waals surface area contributed by atoms with Crippen LogP contribution in [0.25, 0.3) is 11.3 Å². The molecule has 0 fully saturated rings. The number of thiazole rings is 1. The largest absolute Gasteiger partial charge is 0.497 e. The zero-order valence-electron chi connectivity index (χ0n) is 18.5. The molecule has 0 saturated heterocycles. The molecule has 0 radical (unpaired) electrons. The Bertz CT molecular complexity index is 1240. The first kappa shape index (κ1) is 22.9. The van der Waals surface area contributed by atoms with Crippen molar-refractivity contribution in [2.75, 3.05) is 12.4 Å². The molecule has 4 aromatic rings. The highest BCUT2D eigenvalue weighted by atomic mass is 32.1. The minimum atomic E-state index is -4.43. The summed E-state index contributed by atoms with van der Waals surface area (Å²) in [6, 6.07) is 15.5. The smallest absolute Gasteiger partial charge is 0.418 e. The topological polar surface area (TPSA) is 39.1 Å². The molecule has 0 bridgehead atoms. The molecule has 8 heteroatoms. The molecule has 0 unspecified atom stereocenters. The van der Waals surface area contributed by atoms with Crippen LogP contribution in [0.2, 0.25) is 0 Å². The molecule has 0 amide bonds. The summed E-state index contributed by atoms with van der Waals surface area (Å²) in [5.41, 5.74) is 4.42. The average molecular weight is 472 g/mol. The molecule has 4 rings (SSSR count). The van der Waals surface area contributed by atoms with Crippen LogP contribution in [0.15, 0.2) is 60.0 Å². The van der Waals surface area contributed by atoms with E-state index in [2.05, 4.69) is 40.0 Å². The van der Waals surface area contributed by atoms with Crippen molar-refractivity contribution < 1.29 is 17.9 Å². The maximum absolute atomic E-state index is 13.3. The molecule has 33 heavy (non-hydrogen) atoms. The van der Waals surface area contributed by atoms with Crippen LogP contribution in [0.1, 0.15) is 22.5 Å². The first-order valence-electron chi connectivity index (χ1n) is 10.4. The van der Waals surface area contributed by atoms with E-state index in [1.807, 2.05) is 24.4 Å². The summed E-state index contributed by atoms with van der Waals surface area (Å²) in [5, 5.41) is 5.13. The van der Waals surface area contributed by atoms with Gasteiger partial charge in [-0.1, -0.05) is 24.3 Å². The van der Waals surface area contributed by atoms with Gasteiger partial charge in [-0.25, -0.2) is 4.98 Å². The lowest BCUT2D eigenvalue weighted by atomic mass is 10.1. The third-order valence-electron chi connectivity index (χ3n) is 5.61. The molecule has 2 heterocycles. The Balaban J connectivity index is 1.52. The van der Waals surface area contributed by atoms with E-state index in [1.165, 1.54) is 29.0 Å². The van der Waals surface area contributed by atoms with Gasteiger partial charge >= 0.3 is 6.18 Å². The van der Waals surface area contributed by atoms with Crippen molar-refractivity contribution in [1.29, 1.82) is 0 Å². The first-order valence-corrected chi connectivity index (χ1v) is 11.3. The predicted octanol–water partition coefficient (Wildman–Crippen LogP) is 7.24. The van der Waals surface area contributed by atoms with Crippen LogP contribution < -0.4 is 10.1 Å². The Morgan fingerprint density at radius 3 is 2.48 bits per heavy atom. The van der Waals surface area contributed by atoms with Gasteiger partial charge in [0, 0.05) is 28.9 Å². The maximum Gasteiger partial charge on any atom is 0.418 e. The minimum Gasteiger partial charge on any atom is -0.497 e. The van der Waals surface area contributed by atoms with Crippen molar-refractivity contribution >= 4 is 22.2 Å². The van der Waals surface area contributed by atoms with Crippen molar-refractivity contribution in [3.8, 4) is 17.0 Å². The van der Waals surface area contributed by atoms with Crippen molar-refractivity contribution in [1.82, 2.24) is 9.55 Å². The number of alkyl halides is 3. The van der Waals surface area contributed by atoms with E-state index in [0.29, 0.717) is 5.13 Å². The van der Waals surface area contributed by atoms with Gasteiger partial charge in [-0.3, -0.25) is 0 Å². The van der Waals surface area contributed by atoms with Crippen LogP contribution in [0, 0.1) is 13.8 Å². The van der Waals surface area contributed by atoms with Gasteiger partial charge < -0.3 is 14.6 Å². The van der Waals surface area contributed by atoms with E-state index in [-0.39, 0.29) is 5.69 Å². The summed E-state index contributed by atoms with van der Waals surface area (Å²) < 4.78 is 47.3. The maximum atomic E-state index is 13.3. The van der Waals surface area contributed by atoms with E-state index in [9.17, 15) is 13.2 Å². The van der Waals surface area contributed by atoms with E-state index < -0.39 is 11.7 Å². The fourth-order valence-electron chi connectivity index (χ4n) is 3.85. The number of ether oxygens (including phenoxy) is 1. The number of aromatic nitrogens is 2. The summed E-state index contributed by atoms with van der Waals surface area (Å²) in [5.74, 6) is 0.833. The van der Waals surface area contributed by atoms with Crippen LogP contribution >= 0.6 is 11.3 Å². The van der Waals surface area contributed by atoms with Gasteiger partial charge in [0.2, 0.25) is 0 Å². The Labute approximate surface area is 194 Å². The molecule has 1 N–H and O–H groups in total. The highest BCUT2D eigenvalue weighted by Crippen LogP contribution is 2.37. The van der Waals surface area contributed by atoms with Crippen LogP contribution in [-0.2, 0) is 19.1 Å². The standard InChI is InChI=1S/C25H24F3N3OS/c1-16-14-20(17(2)31(16)13-12-18-8-10-19(32-3)11-9-18)23-15-33-24(30-23)29-22-7-5-4-6-21(22)25(26,27)28/h4-11,14-15H,12-13H2,1-3H3,(H,29,30). The molecule has 4 nitrogen and oxygen atoms in total. The van der Waals surface area contributed by atoms with Gasteiger partial charge in [0.1, 0.15) is 5.75 Å². The second-order valence-corrected chi connectivity index (χ2v) is 8.60. The first-order chi connectivity index (χ1) is 15.8. The van der Waals surface area contributed by atoms with E-state index in [0.717, 1.165) is 47.4 Å². The monoisotopic (exact) mass is 471 g/mol. The third kappa shape index (κ3) is 5.06. The quantitative estimate of drug-likeness (QED) is 0.309. The van der Waals surface area contributed by atoms with Crippen molar-refractivity contribution in [2.45, 2.75) is 33.0 Å². The molecule has 172 valence electrons. The Kier molecular flexibility index (Phi) is 6.47. The van der Waals surface area contributed by atoms with Crippen LogP contribution in [-0.4, -0.2) is 16.7 Å². The van der Waals surface area contributed by atoms with E-state index >= 15 is 0 Å². The zero-order chi connectivity index (χ0) is 23.6. The lowest BCUT2D eigenvalue weighted by Crippen LogP contribution is -2.08. The second kappa shape index (κ2) is 9.31. The molecule has 0 aliphatic rings. The summed E-state index contributed by atoms with van der Waals surface area (Å²) in [7, 11) is 1.65. The predicted molar refractivity (Wildman–Crippen MR) is 126 cm³/mol. The molecule has 0 saturated carbocycles. The number of halogens is 3. The fraction of sp³-hybridized carbons (Fsp3) is 0.240. The van der Waals surface area contributed by atoms with E-state index in [4.69, 9.17) is 4.74 Å². The van der Waals surface area contributed by atoms with Crippen LogP contribution in [0.3, 0.4) is 0 Å².